The molecule has 0 atom stereocenters. The average molecular weight is 522 g/mol. The third-order valence-corrected chi connectivity index (χ3v) is 6.93. The number of aromatic nitrogens is 1. The molecule has 4 aromatic rings. The summed E-state index contributed by atoms with van der Waals surface area (Å²) in [5.41, 5.74) is 8.51. The van der Waals surface area contributed by atoms with Crippen molar-refractivity contribution in [2.24, 2.45) is 5.73 Å². The zero-order valence-corrected chi connectivity index (χ0v) is 20.7. The van der Waals surface area contributed by atoms with Crippen molar-refractivity contribution in [1.29, 1.82) is 0 Å². The van der Waals surface area contributed by atoms with E-state index < -0.39 is 21.6 Å². The van der Waals surface area contributed by atoms with Gasteiger partial charge in [0, 0.05) is 46.1 Å². The highest BCUT2D eigenvalue weighted by atomic mass is 35.5. The van der Waals surface area contributed by atoms with Gasteiger partial charge in [0.05, 0.1) is 15.6 Å². The molecule has 0 unspecified atom stereocenters. The first-order valence-corrected chi connectivity index (χ1v) is 12.9. The number of amides is 1. The Bertz CT molecular complexity index is 1610. The Kier molecular flexibility index (Phi) is 6.92. The van der Waals surface area contributed by atoms with E-state index in [9.17, 15) is 13.2 Å². The quantitative estimate of drug-likeness (QED) is 0.320. The molecule has 9 heteroatoms. The molecule has 4 rings (SSSR count). The Labute approximate surface area is 213 Å². The Morgan fingerprint density at radius 1 is 1.00 bits per heavy atom. The highest BCUT2D eigenvalue weighted by molar-refractivity contribution is 7.90. The smallest absolute Gasteiger partial charge is 0.248 e. The summed E-state index contributed by atoms with van der Waals surface area (Å²) in [5, 5.41) is 3.70. The van der Waals surface area contributed by atoms with Crippen LogP contribution >= 0.6 is 11.6 Å². The Balaban J connectivity index is 1.78. The van der Waals surface area contributed by atoms with Crippen molar-refractivity contribution < 1.29 is 17.6 Å². The van der Waals surface area contributed by atoms with E-state index in [1.54, 1.807) is 30.5 Å². The van der Waals surface area contributed by atoms with Gasteiger partial charge in [0.25, 0.3) is 0 Å². The third kappa shape index (κ3) is 5.30. The molecule has 0 bridgehead atoms. The molecule has 3 N–H and O–H groups in total. The summed E-state index contributed by atoms with van der Waals surface area (Å²) in [6.07, 6.45) is 2.73. The SMILES string of the molecule is C=C(Nc1ccc(Cl)c(-c2ccccn2)c1)c1ccc(S(C)(=O)=O)cc1-c1ccc(C(N)=O)cc1F. The molecule has 0 radical (unpaired) electrons. The van der Waals surface area contributed by atoms with Crippen LogP contribution in [0.25, 0.3) is 28.1 Å². The maximum Gasteiger partial charge on any atom is 0.248 e. The lowest BCUT2D eigenvalue weighted by molar-refractivity contribution is 0.1000. The summed E-state index contributed by atoms with van der Waals surface area (Å²) in [4.78, 5) is 15.8. The number of benzene rings is 3. The van der Waals surface area contributed by atoms with Gasteiger partial charge in [-0.2, -0.15) is 0 Å². The summed E-state index contributed by atoms with van der Waals surface area (Å²) in [5.74, 6) is -1.50. The van der Waals surface area contributed by atoms with Crippen molar-refractivity contribution in [3.8, 4) is 22.4 Å². The number of nitrogens with two attached hydrogens (primary N) is 1. The monoisotopic (exact) mass is 521 g/mol. The van der Waals surface area contributed by atoms with Gasteiger partial charge in [0.1, 0.15) is 5.82 Å². The third-order valence-electron chi connectivity index (χ3n) is 5.49. The maximum absolute atomic E-state index is 15.1. The molecule has 0 saturated heterocycles. The molecule has 3 aromatic carbocycles. The van der Waals surface area contributed by atoms with Crippen LogP contribution in [0.4, 0.5) is 10.1 Å². The van der Waals surface area contributed by atoms with Gasteiger partial charge in [-0.15, -0.1) is 0 Å². The lowest BCUT2D eigenvalue weighted by atomic mass is 9.96. The van der Waals surface area contributed by atoms with Crippen molar-refractivity contribution in [2.75, 3.05) is 11.6 Å². The van der Waals surface area contributed by atoms with Crippen LogP contribution in [-0.2, 0) is 9.84 Å². The van der Waals surface area contributed by atoms with Crippen molar-refractivity contribution in [1.82, 2.24) is 4.98 Å². The van der Waals surface area contributed by atoms with Gasteiger partial charge in [-0.25, -0.2) is 12.8 Å². The number of hydrogen-bond donors (Lipinski definition) is 2. The number of sulfone groups is 1. The Hall–Kier alpha value is -4.01. The lowest BCUT2D eigenvalue weighted by Crippen LogP contribution is -2.11. The van der Waals surface area contributed by atoms with E-state index in [1.807, 2.05) is 18.2 Å². The number of rotatable bonds is 7. The van der Waals surface area contributed by atoms with Crippen LogP contribution in [0.1, 0.15) is 15.9 Å². The molecule has 1 amide bonds. The summed E-state index contributed by atoms with van der Waals surface area (Å²) < 4.78 is 39.5. The van der Waals surface area contributed by atoms with Crippen molar-refractivity contribution >= 4 is 38.7 Å². The second-order valence-corrected chi connectivity index (χ2v) is 10.5. The second-order valence-electron chi connectivity index (χ2n) is 8.05. The fraction of sp³-hybridized carbons (Fsp3) is 0.0370. The van der Waals surface area contributed by atoms with E-state index in [2.05, 4.69) is 16.9 Å². The fourth-order valence-electron chi connectivity index (χ4n) is 3.69. The van der Waals surface area contributed by atoms with E-state index in [-0.39, 0.29) is 21.6 Å². The van der Waals surface area contributed by atoms with E-state index in [1.165, 1.54) is 24.3 Å². The highest BCUT2D eigenvalue weighted by Crippen LogP contribution is 2.35. The molecule has 182 valence electrons. The lowest BCUT2D eigenvalue weighted by Gasteiger charge is -2.17. The molecule has 0 spiro atoms. The summed E-state index contributed by atoms with van der Waals surface area (Å²) in [6.45, 7) is 4.09. The van der Waals surface area contributed by atoms with Crippen LogP contribution in [0, 0.1) is 5.82 Å². The fourth-order valence-corrected chi connectivity index (χ4v) is 4.55. The molecule has 0 aliphatic rings. The molecular weight excluding hydrogens is 501 g/mol. The van der Waals surface area contributed by atoms with Gasteiger partial charge in [0.15, 0.2) is 9.84 Å². The molecule has 0 aliphatic heterocycles. The van der Waals surface area contributed by atoms with Gasteiger partial charge in [-0.3, -0.25) is 9.78 Å². The van der Waals surface area contributed by atoms with Gasteiger partial charge < -0.3 is 11.1 Å². The van der Waals surface area contributed by atoms with Gasteiger partial charge in [0.2, 0.25) is 5.91 Å². The molecule has 0 fully saturated rings. The minimum Gasteiger partial charge on any atom is -0.366 e. The zero-order chi connectivity index (χ0) is 26.0. The largest absolute Gasteiger partial charge is 0.366 e. The molecular formula is C27H21ClFN3O3S. The molecule has 1 heterocycles. The number of halogens is 2. The van der Waals surface area contributed by atoms with E-state index in [0.29, 0.717) is 33.2 Å². The number of pyridine rings is 1. The number of nitrogens with zero attached hydrogens (tertiary/aromatic N) is 1. The maximum atomic E-state index is 15.1. The minimum absolute atomic E-state index is 0.00256. The number of carbonyl (C=O) groups excluding carboxylic acids is 1. The number of primary amides is 1. The molecule has 0 aliphatic carbocycles. The molecule has 6 nitrogen and oxygen atoms in total. The van der Waals surface area contributed by atoms with Crippen molar-refractivity contribution in [3.63, 3.8) is 0 Å². The zero-order valence-electron chi connectivity index (χ0n) is 19.1. The highest BCUT2D eigenvalue weighted by Gasteiger charge is 2.18. The summed E-state index contributed by atoms with van der Waals surface area (Å²) in [6, 6.07) is 18.9. The van der Waals surface area contributed by atoms with Crippen LogP contribution in [0.15, 0.2) is 90.5 Å². The first-order valence-electron chi connectivity index (χ1n) is 10.7. The summed E-state index contributed by atoms with van der Waals surface area (Å²) >= 11 is 6.38. The number of anilines is 1. The van der Waals surface area contributed by atoms with E-state index in [0.717, 1.165) is 12.3 Å². The number of nitrogens with one attached hydrogen (secondary N) is 1. The van der Waals surface area contributed by atoms with Crippen molar-refractivity contribution in [2.45, 2.75) is 4.90 Å². The topological polar surface area (TPSA) is 102 Å². The normalized spacial score (nSPS) is 11.2. The predicted molar refractivity (Wildman–Crippen MR) is 141 cm³/mol. The molecule has 0 saturated carbocycles. The number of hydrogen-bond acceptors (Lipinski definition) is 5. The standard InChI is InChI=1S/C27H21ClFN3O3S/c1-16(32-18-7-11-24(28)23(14-18)26-5-3-4-12-31-26)20-10-8-19(36(2,34)35)15-22(20)21-9-6-17(27(30)33)13-25(21)29/h3-15,32H,1H2,2H3,(H2,30,33). The van der Waals surface area contributed by atoms with Gasteiger partial charge in [-0.1, -0.05) is 36.4 Å². The molecule has 1 aromatic heterocycles. The first-order chi connectivity index (χ1) is 17.0. The van der Waals surface area contributed by atoms with Crippen LogP contribution in [0.2, 0.25) is 5.02 Å². The van der Waals surface area contributed by atoms with E-state index >= 15 is 4.39 Å². The Morgan fingerprint density at radius 3 is 2.42 bits per heavy atom. The average Bonchev–Trinajstić information content (AvgIpc) is 2.84. The minimum atomic E-state index is -3.58. The van der Waals surface area contributed by atoms with Crippen LogP contribution in [0.3, 0.4) is 0 Å². The van der Waals surface area contributed by atoms with Crippen LogP contribution < -0.4 is 11.1 Å². The van der Waals surface area contributed by atoms with Gasteiger partial charge in [-0.05, 0) is 60.2 Å². The van der Waals surface area contributed by atoms with Gasteiger partial charge >= 0.3 is 0 Å². The van der Waals surface area contributed by atoms with Crippen LogP contribution in [-0.4, -0.2) is 25.6 Å². The number of carbonyl (C=O) groups is 1. The second kappa shape index (κ2) is 9.93. The van der Waals surface area contributed by atoms with Crippen molar-refractivity contribution in [3.05, 3.63) is 108 Å². The summed E-state index contributed by atoms with van der Waals surface area (Å²) in [7, 11) is -3.58. The molecule has 36 heavy (non-hydrogen) atoms. The first kappa shape index (κ1) is 25.1. The van der Waals surface area contributed by atoms with E-state index in [4.69, 9.17) is 17.3 Å². The Morgan fingerprint density at radius 2 is 1.78 bits per heavy atom. The predicted octanol–water partition coefficient (Wildman–Crippen LogP) is 5.79. The van der Waals surface area contributed by atoms with Crippen LogP contribution in [0.5, 0.6) is 0 Å².